The molecule has 2 aliphatic heterocycles. The van der Waals surface area contributed by atoms with Crippen LogP contribution in [0.4, 0.5) is 0 Å². The molecule has 2 N–H and O–H groups in total. The van der Waals surface area contributed by atoms with Gasteiger partial charge >= 0.3 is 0 Å². The normalized spacial score (nSPS) is 35.5. The first-order valence-corrected chi connectivity index (χ1v) is 15.0. The molecule has 0 aromatic heterocycles. The summed E-state index contributed by atoms with van der Waals surface area (Å²) in [5.41, 5.74) is 2.21. The maximum atomic E-state index is 11.4. The molecule has 1 saturated heterocycles. The van der Waals surface area contributed by atoms with Crippen molar-refractivity contribution in [1.82, 2.24) is 0 Å². The number of phenolic OH excluding ortho intramolecular Hbond substituents is 1. The molecule has 1 spiro atoms. The second kappa shape index (κ2) is 9.98. The summed E-state index contributed by atoms with van der Waals surface area (Å²) < 4.78 is 7.61. The van der Waals surface area contributed by atoms with E-state index in [1.165, 1.54) is 88.3 Å². The fourth-order valence-corrected chi connectivity index (χ4v) is 8.40. The number of hydrogen-bond donors (Lipinski definition) is 2. The predicted molar refractivity (Wildman–Crippen MR) is 147 cm³/mol. The van der Waals surface area contributed by atoms with Crippen LogP contribution in [0.5, 0.6) is 11.5 Å². The number of hydrogen-bond acceptors (Lipinski definition) is 3. The monoisotopic (exact) mass is 496 g/mol. The van der Waals surface area contributed by atoms with Crippen molar-refractivity contribution in [2.75, 3.05) is 20.1 Å². The van der Waals surface area contributed by atoms with Crippen LogP contribution in [-0.2, 0) is 11.8 Å². The maximum absolute atomic E-state index is 11.4. The highest BCUT2D eigenvalue weighted by atomic mass is 16.5. The highest BCUT2D eigenvalue weighted by molar-refractivity contribution is 5.64. The molecule has 4 nitrogen and oxygen atoms in total. The molecular formula is C32H50NO3+. The number of aryl methyl sites for hydroxylation is 1. The van der Waals surface area contributed by atoms with Gasteiger partial charge in [-0.2, -0.15) is 0 Å². The van der Waals surface area contributed by atoms with Gasteiger partial charge in [0.2, 0.25) is 0 Å². The van der Waals surface area contributed by atoms with Crippen LogP contribution in [0.15, 0.2) is 18.2 Å². The zero-order chi connectivity index (χ0) is 25.6. The maximum Gasteiger partial charge on any atom is 0.166 e. The summed E-state index contributed by atoms with van der Waals surface area (Å²) in [7, 11) is 2.48. The van der Waals surface area contributed by atoms with Gasteiger partial charge in [-0.15, -0.1) is 0 Å². The average Bonchev–Trinajstić information content (AvgIpc) is 3.21. The molecule has 0 saturated carbocycles. The van der Waals surface area contributed by atoms with Crippen LogP contribution >= 0.6 is 0 Å². The Labute approximate surface area is 219 Å². The zero-order valence-corrected chi connectivity index (χ0v) is 23.3. The molecule has 6 atom stereocenters. The zero-order valence-electron chi connectivity index (χ0n) is 23.3. The number of quaternary nitrogens is 1. The highest BCUT2D eigenvalue weighted by Crippen LogP contribution is 2.65. The van der Waals surface area contributed by atoms with E-state index in [2.05, 4.69) is 26.1 Å². The Kier molecular flexibility index (Phi) is 7.24. The SMILES string of the molecule is CCCCCCCCCCCCC[N+]1(C)CC[C@]23c4c5cc(C)c(O)c4O[C@H]2[C@@](C)(O)C=C[C@H]3[C@H]1C5. The molecule has 4 heteroatoms. The third kappa shape index (κ3) is 4.21. The molecule has 1 aromatic carbocycles. The standard InChI is InChI=1S/C32H49NO3/c1-5-6-7-8-9-10-11-12-13-14-15-19-33(4)20-18-32-25-16-17-31(3,35)30(32)36-29-27(32)24(22-26(25)33)21-23(2)28(29)34/h16-17,21,25-26,30,35H,5-15,18-20,22H2,1-4H3/p+1/t25-,26+,30-,31-,32-,33?/m0/s1. The summed E-state index contributed by atoms with van der Waals surface area (Å²) in [6.07, 6.45) is 21.3. The number of piperidine rings is 1. The molecule has 200 valence electrons. The molecule has 1 fully saturated rings. The van der Waals surface area contributed by atoms with Gasteiger partial charge in [-0.3, -0.25) is 0 Å². The van der Waals surface area contributed by atoms with E-state index >= 15 is 0 Å². The number of aromatic hydroxyl groups is 1. The molecule has 2 heterocycles. The lowest BCUT2D eigenvalue weighted by molar-refractivity contribution is -0.944. The molecule has 0 amide bonds. The number of aliphatic hydroxyl groups is 1. The van der Waals surface area contributed by atoms with Gasteiger partial charge < -0.3 is 19.4 Å². The molecule has 5 rings (SSSR count). The van der Waals surface area contributed by atoms with Crippen molar-refractivity contribution in [2.24, 2.45) is 5.92 Å². The van der Waals surface area contributed by atoms with Gasteiger partial charge in [0.15, 0.2) is 11.5 Å². The highest BCUT2D eigenvalue weighted by Gasteiger charge is 2.70. The van der Waals surface area contributed by atoms with Gasteiger partial charge in [-0.05, 0) is 37.8 Å². The number of unbranched alkanes of at least 4 members (excludes halogenated alkanes) is 10. The summed E-state index contributed by atoms with van der Waals surface area (Å²) in [5, 5.41) is 22.3. The van der Waals surface area contributed by atoms with Gasteiger partial charge in [-0.25, -0.2) is 0 Å². The first kappa shape index (κ1) is 26.1. The average molecular weight is 497 g/mol. The van der Waals surface area contributed by atoms with E-state index in [1.807, 2.05) is 19.9 Å². The number of likely N-dealkylation sites (N-methyl/N-ethyl adjacent to an activating group) is 1. The van der Waals surface area contributed by atoms with Crippen LogP contribution in [-0.4, -0.2) is 52.6 Å². The molecule has 2 aliphatic carbocycles. The third-order valence-corrected chi connectivity index (χ3v) is 10.4. The molecule has 1 aromatic rings. The third-order valence-electron chi connectivity index (χ3n) is 10.4. The predicted octanol–water partition coefficient (Wildman–Crippen LogP) is 6.72. The number of rotatable bonds is 12. The largest absolute Gasteiger partial charge is 0.504 e. The Hall–Kier alpha value is -1.52. The Morgan fingerprint density at radius 3 is 2.33 bits per heavy atom. The van der Waals surface area contributed by atoms with Crippen LogP contribution in [0.2, 0.25) is 0 Å². The quantitative estimate of drug-likeness (QED) is 0.192. The van der Waals surface area contributed by atoms with Gasteiger partial charge in [0.1, 0.15) is 17.7 Å². The van der Waals surface area contributed by atoms with E-state index in [0.29, 0.717) is 17.7 Å². The number of phenols is 1. The number of ether oxygens (including phenoxy) is 1. The van der Waals surface area contributed by atoms with E-state index in [-0.39, 0.29) is 17.3 Å². The molecule has 1 unspecified atom stereocenters. The Bertz CT molecular complexity index is 984. The van der Waals surface area contributed by atoms with Crippen LogP contribution in [0.25, 0.3) is 0 Å². The van der Waals surface area contributed by atoms with E-state index in [9.17, 15) is 10.2 Å². The van der Waals surface area contributed by atoms with Gasteiger partial charge in [0, 0.05) is 24.3 Å². The van der Waals surface area contributed by atoms with E-state index in [1.54, 1.807) is 0 Å². The molecule has 36 heavy (non-hydrogen) atoms. The first-order valence-electron chi connectivity index (χ1n) is 15.0. The summed E-state index contributed by atoms with van der Waals surface area (Å²) >= 11 is 0. The molecular weight excluding hydrogens is 446 g/mol. The minimum Gasteiger partial charge on any atom is -0.504 e. The summed E-state index contributed by atoms with van der Waals surface area (Å²) in [5.74, 6) is 1.28. The van der Waals surface area contributed by atoms with Crippen molar-refractivity contribution in [3.8, 4) is 11.5 Å². The Balaban J connectivity index is 1.24. The number of likely N-dealkylation sites (tertiary alicyclic amines) is 1. The number of nitrogens with zero attached hydrogens (tertiary/aromatic N) is 1. The Morgan fingerprint density at radius 1 is 1.03 bits per heavy atom. The van der Waals surface area contributed by atoms with Crippen LogP contribution in [0, 0.1) is 12.8 Å². The molecule has 4 aliphatic rings. The van der Waals surface area contributed by atoms with Crippen molar-refractivity contribution < 1.29 is 19.4 Å². The van der Waals surface area contributed by atoms with Crippen molar-refractivity contribution in [3.05, 3.63) is 34.9 Å². The lowest BCUT2D eigenvalue weighted by atomic mass is 9.51. The van der Waals surface area contributed by atoms with Gasteiger partial charge in [0.25, 0.3) is 0 Å². The van der Waals surface area contributed by atoms with Gasteiger partial charge in [-0.1, -0.05) is 82.9 Å². The molecule has 2 bridgehead atoms. The fraction of sp³-hybridized carbons (Fsp3) is 0.750. The fourth-order valence-electron chi connectivity index (χ4n) is 8.40. The summed E-state index contributed by atoms with van der Waals surface area (Å²) in [4.78, 5) is 0. The van der Waals surface area contributed by atoms with Crippen molar-refractivity contribution >= 4 is 0 Å². The van der Waals surface area contributed by atoms with Crippen LogP contribution in [0.3, 0.4) is 0 Å². The smallest absolute Gasteiger partial charge is 0.166 e. The first-order chi connectivity index (χ1) is 17.2. The van der Waals surface area contributed by atoms with E-state index < -0.39 is 5.60 Å². The molecule has 0 radical (unpaired) electrons. The van der Waals surface area contributed by atoms with Crippen molar-refractivity contribution in [3.63, 3.8) is 0 Å². The Morgan fingerprint density at radius 2 is 1.67 bits per heavy atom. The second-order valence-electron chi connectivity index (χ2n) is 13.0. The van der Waals surface area contributed by atoms with E-state index in [4.69, 9.17) is 4.74 Å². The van der Waals surface area contributed by atoms with Crippen molar-refractivity contribution in [1.29, 1.82) is 0 Å². The summed E-state index contributed by atoms with van der Waals surface area (Å²) in [6, 6.07) is 2.71. The number of benzene rings is 1. The topological polar surface area (TPSA) is 49.7 Å². The van der Waals surface area contributed by atoms with Crippen LogP contribution < -0.4 is 4.74 Å². The lowest BCUT2D eigenvalue weighted by Crippen LogP contribution is -2.72. The minimum absolute atomic E-state index is 0.216. The second-order valence-corrected chi connectivity index (χ2v) is 13.0. The summed E-state index contributed by atoms with van der Waals surface area (Å²) in [6.45, 7) is 8.51. The minimum atomic E-state index is -1.02. The van der Waals surface area contributed by atoms with Crippen molar-refractivity contribution in [2.45, 2.75) is 127 Å². The lowest BCUT2D eigenvalue weighted by Gasteiger charge is -2.61. The van der Waals surface area contributed by atoms with E-state index in [0.717, 1.165) is 29.4 Å². The van der Waals surface area contributed by atoms with Gasteiger partial charge in [0.05, 0.1) is 25.6 Å². The van der Waals surface area contributed by atoms with Crippen LogP contribution in [0.1, 0.15) is 108 Å².